The van der Waals surface area contributed by atoms with Crippen molar-refractivity contribution in [3.8, 4) is 0 Å². The molecule has 0 radical (unpaired) electrons. The van der Waals surface area contributed by atoms with E-state index in [0.29, 0.717) is 6.04 Å². The van der Waals surface area contributed by atoms with Crippen molar-refractivity contribution < 1.29 is 9.90 Å². The van der Waals surface area contributed by atoms with Crippen LogP contribution in [0.4, 0.5) is 0 Å². The molecule has 19 heavy (non-hydrogen) atoms. The molecule has 0 aromatic carbocycles. The lowest BCUT2D eigenvalue weighted by Crippen LogP contribution is -2.63. The molecule has 4 aliphatic carbocycles. The highest BCUT2D eigenvalue weighted by molar-refractivity contribution is 5.77. The molecule has 0 spiro atoms. The zero-order chi connectivity index (χ0) is 13.8. The molecule has 4 aliphatic rings. The molecule has 0 aromatic heterocycles. The van der Waals surface area contributed by atoms with Crippen LogP contribution in [0.2, 0.25) is 0 Å². The second kappa shape index (κ2) is 4.47. The minimum absolute atomic E-state index is 0.517. The maximum absolute atomic E-state index is 11.6. The minimum atomic E-state index is -0.727. The quantitative estimate of drug-likeness (QED) is 0.849. The third-order valence-electron chi connectivity index (χ3n) is 6.12. The molecule has 0 heterocycles. The molecule has 0 atom stereocenters. The number of likely N-dealkylation sites (N-methyl/N-ethyl adjacent to an activating group) is 1. The molecule has 3 heteroatoms. The second-order valence-corrected chi connectivity index (χ2v) is 7.57. The van der Waals surface area contributed by atoms with Gasteiger partial charge in [-0.05, 0) is 76.2 Å². The lowest BCUT2D eigenvalue weighted by molar-refractivity contribution is -0.158. The van der Waals surface area contributed by atoms with Gasteiger partial charge in [0.1, 0.15) is 5.54 Å². The van der Waals surface area contributed by atoms with Crippen LogP contribution in [-0.2, 0) is 4.79 Å². The van der Waals surface area contributed by atoms with E-state index >= 15 is 0 Å². The standard InChI is InChI=1S/C16H27NO2/c1-4-17(16(2,3)15(18)19)14-12-6-10-5-11(8-12)9-13(14)7-10/h10-14H,4-9H2,1-3H3,(H,18,19). The van der Waals surface area contributed by atoms with E-state index in [0.717, 1.165) is 30.2 Å². The Morgan fingerprint density at radius 1 is 1.11 bits per heavy atom. The van der Waals surface area contributed by atoms with Crippen LogP contribution in [0.1, 0.15) is 52.9 Å². The number of rotatable bonds is 4. The third kappa shape index (κ3) is 2.01. The van der Waals surface area contributed by atoms with E-state index in [2.05, 4.69) is 11.8 Å². The Balaban J connectivity index is 1.86. The zero-order valence-electron chi connectivity index (χ0n) is 12.4. The molecule has 0 amide bonds. The fourth-order valence-electron chi connectivity index (χ4n) is 5.51. The first-order valence-electron chi connectivity index (χ1n) is 7.93. The Bertz CT molecular complexity index is 349. The van der Waals surface area contributed by atoms with Crippen LogP contribution in [0.3, 0.4) is 0 Å². The largest absolute Gasteiger partial charge is 0.480 e. The van der Waals surface area contributed by atoms with E-state index in [1.165, 1.54) is 32.1 Å². The molecule has 1 N–H and O–H groups in total. The van der Waals surface area contributed by atoms with Gasteiger partial charge >= 0.3 is 5.97 Å². The predicted molar refractivity (Wildman–Crippen MR) is 74.9 cm³/mol. The van der Waals surface area contributed by atoms with E-state index in [1.807, 2.05) is 13.8 Å². The van der Waals surface area contributed by atoms with Crippen molar-refractivity contribution in [3.63, 3.8) is 0 Å². The van der Waals surface area contributed by atoms with Gasteiger partial charge < -0.3 is 5.11 Å². The van der Waals surface area contributed by atoms with Gasteiger partial charge in [-0.25, -0.2) is 0 Å². The number of aliphatic carboxylic acids is 1. The smallest absolute Gasteiger partial charge is 0.323 e. The summed E-state index contributed by atoms with van der Waals surface area (Å²) in [6, 6.07) is 0.517. The van der Waals surface area contributed by atoms with Gasteiger partial charge in [0.05, 0.1) is 0 Å². The van der Waals surface area contributed by atoms with E-state index in [-0.39, 0.29) is 0 Å². The van der Waals surface area contributed by atoms with Crippen LogP contribution >= 0.6 is 0 Å². The van der Waals surface area contributed by atoms with E-state index < -0.39 is 11.5 Å². The van der Waals surface area contributed by atoms with Crippen molar-refractivity contribution in [1.29, 1.82) is 0 Å². The highest BCUT2D eigenvalue weighted by Crippen LogP contribution is 2.55. The summed E-state index contributed by atoms with van der Waals surface area (Å²) in [6.07, 6.45) is 6.86. The first-order valence-corrected chi connectivity index (χ1v) is 7.93. The van der Waals surface area contributed by atoms with E-state index in [4.69, 9.17) is 0 Å². The number of nitrogens with zero attached hydrogens (tertiary/aromatic N) is 1. The van der Waals surface area contributed by atoms with Gasteiger partial charge in [0.2, 0.25) is 0 Å². The molecule has 0 unspecified atom stereocenters. The summed E-state index contributed by atoms with van der Waals surface area (Å²) in [7, 11) is 0. The minimum Gasteiger partial charge on any atom is -0.480 e. The molecular weight excluding hydrogens is 238 g/mol. The zero-order valence-corrected chi connectivity index (χ0v) is 12.4. The Morgan fingerprint density at radius 3 is 1.95 bits per heavy atom. The molecule has 0 aliphatic heterocycles. The summed E-state index contributed by atoms with van der Waals surface area (Å²) in [6.45, 7) is 6.73. The lowest BCUT2D eigenvalue weighted by atomic mass is 9.53. The molecule has 108 valence electrons. The van der Waals surface area contributed by atoms with Gasteiger partial charge in [-0.2, -0.15) is 0 Å². The summed E-state index contributed by atoms with van der Waals surface area (Å²) in [5, 5.41) is 9.56. The predicted octanol–water partition coefficient (Wildman–Crippen LogP) is 3.00. The summed E-state index contributed by atoms with van der Waals surface area (Å²) in [5.41, 5.74) is -0.727. The molecule has 4 bridgehead atoms. The average molecular weight is 265 g/mol. The van der Waals surface area contributed by atoms with Crippen LogP contribution in [0.25, 0.3) is 0 Å². The maximum Gasteiger partial charge on any atom is 0.323 e. The van der Waals surface area contributed by atoms with Gasteiger partial charge in [-0.1, -0.05) is 6.92 Å². The Kier molecular flexibility index (Phi) is 3.16. The summed E-state index contributed by atoms with van der Waals surface area (Å²) in [5.74, 6) is 2.74. The highest BCUT2D eigenvalue weighted by atomic mass is 16.4. The van der Waals surface area contributed by atoms with Gasteiger partial charge in [0, 0.05) is 6.04 Å². The van der Waals surface area contributed by atoms with Crippen LogP contribution in [-0.4, -0.2) is 34.1 Å². The fraction of sp³-hybridized carbons (Fsp3) is 0.938. The Labute approximate surface area is 116 Å². The lowest BCUT2D eigenvalue weighted by Gasteiger charge is -2.59. The van der Waals surface area contributed by atoms with Gasteiger partial charge in [0.15, 0.2) is 0 Å². The van der Waals surface area contributed by atoms with Gasteiger partial charge in [0.25, 0.3) is 0 Å². The fourth-order valence-corrected chi connectivity index (χ4v) is 5.51. The molecule has 0 saturated heterocycles. The van der Waals surface area contributed by atoms with Crippen LogP contribution < -0.4 is 0 Å². The monoisotopic (exact) mass is 265 g/mol. The number of carbonyl (C=O) groups is 1. The van der Waals surface area contributed by atoms with Crippen molar-refractivity contribution in [2.24, 2.45) is 23.7 Å². The van der Waals surface area contributed by atoms with Crippen LogP contribution in [0.5, 0.6) is 0 Å². The van der Waals surface area contributed by atoms with Crippen LogP contribution in [0.15, 0.2) is 0 Å². The summed E-state index contributed by atoms with van der Waals surface area (Å²) in [4.78, 5) is 13.9. The van der Waals surface area contributed by atoms with Crippen molar-refractivity contribution in [2.45, 2.75) is 64.5 Å². The number of carboxylic acids is 1. The SMILES string of the molecule is CCN(C1C2CC3CC(C2)CC1C3)C(C)(C)C(=O)O. The maximum atomic E-state index is 11.6. The summed E-state index contributed by atoms with van der Waals surface area (Å²) < 4.78 is 0. The van der Waals surface area contributed by atoms with E-state index in [9.17, 15) is 9.90 Å². The second-order valence-electron chi connectivity index (χ2n) is 7.57. The number of hydrogen-bond donors (Lipinski definition) is 1. The third-order valence-corrected chi connectivity index (χ3v) is 6.12. The first-order chi connectivity index (χ1) is 8.93. The molecule has 4 fully saturated rings. The van der Waals surface area contributed by atoms with E-state index in [1.54, 1.807) is 0 Å². The normalized spacial score (nSPS) is 40.9. The molecule has 0 aromatic rings. The van der Waals surface area contributed by atoms with Gasteiger partial charge in [-0.15, -0.1) is 0 Å². The van der Waals surface area contributed by atoms with Crippen molar-refractivity contribution in [1.82, 2.24) is 4.90 Å². The molecule has 3 nitrogen and oxygen atoms in total. The van der Waals surface area contributed by atoms with Crippen molar-refractivity contribution >= 4 is 5.97 Å². The summed E-state index contributed by atoms with van der Waals surface area (Å²) >= 11 is 0. The molecular formula is C16H27NO2. The molecule has 4 rings (SSSR count). The Morgan fingerprint density at radius 2 is 1.58 bits per heavy atom. The van der Waals surface area contributed by atoms with Crippen LogP contribution in [0, 0.1) is 23.7 Å². The van der Waals surface area contributed by atoms with Crippen molar-refractivity contribution in [2.75, 3.05) is 6.54 Å². The number of hydrogen-bond acceptors (Lipinski definition) is 2. The topological polar surface area (TPSA) is 40.5 Å². The Hall–Kier alpha value is -0.570. The van der Waals surface area contributed by atoms with Crippen molar-refractivity contribution in [3.05, 3.63) is 0 Å². The average Bonchev–Trinajstić information content (AvgIpc) is 2.32. The first kappa shape index (κ1) is 13.4. The highest BCUT2D eigenvalue weighted by Gasteiger charge is 2.53. The molecule has 4 saturated carbocycles. The van der Waals surface area contributed by atoms with Gasteiger partial charge in [-0.3, -0.25) is 9.69 Å². The number of carboxylic acid groups (broad SMARTS) is 1.